The second kappa shape index (κ2) is 6.11. The van der Waals surface area contributed by atoms with E-state index in [1.54, 1.807) is 4.90 Å². The number of fused-ring (bicyclic) bond motifs is 1. The van der Waals surface area contributed by atoms with Gasteiger partial charge in [-0.05, 0) is 25.0 Å². The maximum atomic E-state index is 12.9. The van der Waals surface area contributed by atoms with Gasteiger partial charge in [0.2, 0.25) is 11.8 Å². The number of carbonyl (C=O) groups excluding carboxylic acids is 2. The summed E-state index contributed by atoms with van der Waals surface area (Å²) in [4.78, 5) is 30.8. The minimum atomic E-state index is -0.229. The Bertz CT molecular complexity index is 756. The summed E-state index contributed by atoms with van der Waals surface area (Å²) in [5.41, 5.74) is 1.08. The van der Waals surface area contributed by atoms with E-state index in [1.165, 1.54) is 6.26 Å². The van der Waals surface area contributed by atoms with Gasteiger partial charge in [0.25, 0.3) is 5.91 Å². The summed E-state index contributed by atoms with van der Waals surface area (Å²) in [7, 11) is 0. The van der Waals surface area contributed by atoms with Gasteiger partial charge in [-0.15, -0.1) is 0 Å². The Kier molecular flexibility index (Phi) is 3.80. The zero-order chi connectivity index (χ0) is 16.5. The number of piperazine rings is 1. The normalized spacial score (nSPS) is 23.5. The van der Waals surface area contributed by atoms with Crippen molar-refractivity contribution < 1.29 is 14.0 Å². The van der Waals surface area contributed by atoms with Crippen LogP contribution < -0.4 is 5.32 Å². The number of hydrogen-bond donors (Lipinski definition) is 1. The molecule has 0 unspecified atom stereocenters. The van der Waals surface area contributed by atoms with Gasteiger partial charge < -0.3 is 14.6 Å². The van der Waals surface area contributed by atoms with Gasteiger partial charge in [-0.3, -0.25) is 9.59 Å². The number of hydrogen-bond acceptors (Lipinski definition) is 4. The first-order valence-electron chi connectivity index (χ1n) is 8.33. The second-order valence-corrected chi connectivity index (χ2v) is 6.36. The third kappa shape index (κ3) is 2.68. The van der Waals surface area contributed by atoms with E-state index in [0.29, 0.717) is 5.89 Å². The van der Waals surface area contributed by atoms with Crippen molar-refractivity contribution in [1.29, 1.82) is 0 Å². The third-order valence-electron chi connectivity index (χ3n) is 4.80. The molecule has 2 atom stereocenters. The van der Waals surface area contributed by atoms with Crippen molar-refractivity contribution in [2.45, 2.75) is 37.8 Å². The maximum Gasteiger partial charge on any atom is 0.276 e. The van der Waals surface area contributed by atoms with Crippen LogP contribution in [0.1, 0.15) is 36.2 Å². The van der Waals surface area contributed by atoms with Crippen LogP contribution in [-0.2, 0) is 4.79 Å². The highest BCUT2D eigenvalue weighted by atomic mass is 16.3. The van der Waals surface area contributed by atoms with Crippen LogP contribution in [0.3, 0.4) is 0 Å². The van der Waals surface area contributed by atoms with Crippen molar-refractivity contribution in [2.24, 2.45) is 0 Å². The summed E-state index contributed by atoms with van der Waals surface area (Å²) < 4.78 is 5.47. The summed E-state index contributed by atoms with van der Waals surface area (Å²) >= 11 is 0. The van der Waals surface area contributed by atoms with Crippen molar-refractivity contribution in [1.82, 2.24) is 15.2 Å². The van der Waals surface area contributed by atoms with E-state index >= 15 is 0 Å². The second-order valence-electron chi connectivity index (χ2n) is 6.36. The molecule has 6 nitrogen and oxygen atoms in total. The highest BCUT2D eigenvalue weighted by Gasteiger charge is 2.39. The molecule has 6 heteroatoms. The van der Waals surface area contributed by atoms with Crippen LogP contribution in [0.4, 0.5) is 0 Å². The summed E-state index contributed by atoms with van der Waals surface area (Å²) in [6, 6.07) is 9.57. The molecule has 2 heterocycles. The van der Waals surface area contributed by atoms with Gasteiger partial charge in [-0.25, -0.2) is 4.98 Å². The van der Waals surface area contributed by atoms with Crippen molar-refractivity contribution in [3.05, 3.63) is 42.3 Å². The lowest BCUT2D eigenvalue weighted by molar-refractivity contribution is -0.127. The van der Waals surface area contributed by atoms with Crippen LogP contribution >= 0.6 is 0 Å². The van der Waals surface area contributed by atoms with E-state index in [0.717, 1.165) is 31.2 Å². The number of rotatable bonds is 2. The predicted octanol–water partition coefficient (Wildman–Crippen LogP) is 2.22. The molecular weight excluding hydrogens is 306 g/mol. The van der Waals surface area contributed by atoms with E-state index < -0.39 is 0 Å². The number of nitrogens with one attached hydrogen (secondary N) is 1. The Balaban J connectivity index is 1.58. The van der Waals surface area contributed by atoms with Crippen molar-refractivity contribution >= 4 is 11.8 Å². The lowest BCUT2D eigenvalue weighted by Crippen LogP contribution is -2.62. The van der Waals surface area contributed by atoms with Crippen LogP contribution in [-0.4, -0.2) is 40.3 Å². The monoisotopic (exact) mass is 325 g/mol. The summed E-state index contributed by atoms with van der Waals surface area (Å²) in [5, 5.41) is 3.01. The first kappa shape index (κ1) is 14.9. The summed E-state index contributed by atoms with van der Waals surface area (Å²) in [6.45, 7) is 0.0908. The fourth-order valence-corrected chi connectivity index (χ4v) is 3.63. The molecule has 1 aliphatic carbocycles. The average molecular weight is 325 g/mol. The van der Waals surface area contributed by atoms with Gasteiger partial charge in [0.1, 0.15) is 12.8 Å². The SMILES string of the molecule is O=C1CN(C(=O)c2coc(-c3ccccc3)n2)[C@@H]2CCCC[C@@H]2N1. The van der Waals surface area contributed by atoms with Gasteiger partial charge in [0.05, 0.1) is 6.04 Å². The fourth-order valence-electron chi connectivity index (χ4n) is 3.63. The molecule has 2 aromatic rings. The quantitative estimate of drug-likeness (QED) is 0.918. The fraction of sp³-hybridized carbons (Fsp3) is 0.389. The Morgan fingerprint density at radius 2 is 2.00 bits per heavy atom. The summed E-state index contributed by atoms with van der Waals surface area (Å²) in [6.07, 6.45) is 5.39. The minimum Gasteiger partial charge on any atom is -0.444 e. The highest BCUT2D eigenvalue weighted by molar-refractivity contribution is 5.96. The number of benzene rings is 1. The van der Waals surface area contributed by atoms with Gasteiger partial charge in [0, 0.05) is 11.6 Å². The molecule has 24 heavy (non-hydrogen) atoms. The Labute approximate surface area is 139 Å². The molecule has 1 aliphatic heterocycles. The highest BCUT2D eigenvalue weighted by Crippen LogP contribution is 2.27. The number of oxazole rings is 1. The van der Waals surface area contributed by atoms with E-state index in [9.17, 15) is 9.59 Å². The topological polar surface area (TPSA) is 75.4 Å². The summed E-state index contributed by atoms with van der Waals surface area (Å²) in [5.74, 6) is 0.0894. The van der Waals surface area contributed by atoms with Crippen LogP contribution in [0.25, 0.3) is 11.5 Å². The van der Waals surface area contributed by atoms with Crippen molar-refractivity contribution in [2.75, 3.05) is 6.54 Å². The molecule has 0 radical (unpaired) electrons. The average Bonchev–Trinajstić information content (AvgIpc) is 3.11. The largest absolute Gasteiger partial charge is 0.444 e. The molecule has 4 rings (SSSR count). The number of amides is 2. The molecule has 0 spiro atoms. The number of nitrogens with zero attached hydrogens (tertiary/aromatic N) is 2. The lowest BCUT2D eigenvalue weighted by atomic mass is 9.87. The molecule has 2 aliphatic rings. The van der Waals surface area contributed by atoms with Crippen LogP contribution in [0, 0.1) is 0 Å². The number of carbonyl (C=O) groups is 2. The van der Waals surface area contributed by atoms with Gasteiger partial charge in [0.15, 0.2) is 5.69 Å². The van der Waals surface area contributed by atoms with Gasteiger partial charge in [-0.1, -0.05) is 31.0 Å². The van der Waals surface area contributed by atoms with E-state index in [4.69, 9.17) is 4.42 Å². The van der Waals surface area contributed by atoms with Crippen molar-refractivity contribution in [3.63, 3.8) is 0 Å². The molecule has 0 bridgehead atoms. The third-order valence-corrected chi connectivity index (χ3v) is 4.80. The number of aromatic nitrogens is 1. The molecule has 1 saturated heterocycles. The first-order chi connectivity index (χ1) is 11.7. The van der Waals surface area contributed by atoms with Crippen LogP contribution in [0.5, 0.6) is 0 Å². The smallest absolute Gasteiger partial charge is 0.276 e. The Hall–Kier alpha value is -2.63. The molecule has 2 fully saturated rings. The van der Waals surface area contributed by atoms with Crippen LogP contribution in [0.15, 0.2) is 41.0 Å². The molecule has 2 amide bonds. The zero-order valence-corrected chi connectivity index (χ0v) is 13.3. The van der Waals surface area contributed by atoms with Gasteiger partial charge >= 0.3 is 0 Å². The maximum absolute atomic E-state index is 12.9. The lowest BCUT2D eigenvalue weighted by Gasteiger charge is -2.43. The minimum absolute atomic E-state index is 0.0563. The molecule has 1 saturated carbocycles. The van der Waals surface area contributed by atoms with E-state index in [2.05, 4.69) is 10.3 Å². The molecule has 1 aromatic carbocycles. The van der Waals surface area contributed by atoms with E-state index in [-0.39, 0.29) is 36.1 Å². The molecule has 124 valence electrons. The van der Waals surface area contributed by atoms with Gasteiger partial charge in [-0.2, -0.15) is 0 Å². The predicted molar refractivity (Wildman–Crippen MR) is 87.2 cm³/mol. The molecule has 1 aromatic heterocycles. The molecular formula is C18H19N3O3. The Morgan fingerprint density at radius 1 is 1.21 bits per heavy atom. The first-order valence-corrected chi connectivity index (χ1v) is 8.33. The van der Waals surface area contributed by atoms with Crippen LogP contribution in [0.2, 0.25) is 0 Å². The Morgan fingerprint density at radius 3 is 2.83 bits per heavy atom. The van der Waals surface area contributed by atoms with Crippen molar-refractivity contribution in [3.8, 4) is 11.5 Å². The zero-order valence-electron chi connectivity index (χ0n) is 13.3. The van der Waals surface area contributed by atoms with E-state index in [1.807, 2.05) is 30.3 Å². The standard InChI is InChI=1S/C18H19N3O3/c22-16-10-21(15-9-5-4-8-13(15)19-16)18(23)14-11-24-17(20-14)12-6-2-1-3-7-12/h1-3,6-7,11,13,15H,4-5,8-10H2,(H,19,22)/t13-,15+/m0/s1. The molecule has 1 N–H and O–H groups in total.